The normalized spacial score (nSPS) is 15.0. The van der Waals surface area contributed by atoms with Gasteiger partial charge in [0.15, 0.2) is 5.11 Å². The van der Waals surface area contributed by atoms with E-state index in [1.165, 1.54) is 6.42 Å². The van der Waals surface area contributed by atoms with E-state index in [0.717, 1.165) is 31.2 Å². The van der Waals surface area contributed by atoms with Crippen LogP contribution in [0.25, 0.3) is 0 Å². The van der Waals surface area contributed by atoms with Gasteiger partial charge >= 0.3 is 0 Å². The molecule has 0 unspecified atom stereocenters. The van der Waals surface area contributed by atoms with Crippen LogP contribution in [0, 0.1) is 12.8 Å². The minimum Gasteiger partial charge on any atom is -0.302 e. The van der Waals surface area contributed by atoms with Crippen molar-refractivity contribution < 1.29 is 9.59 Å². The molecule has 2 amide bonds. The Balaban J connectivity index is 1.79. The minimum absolute atomic E-state index is 0.0283. The monoisotopic (exact) mass is 319 g/mol. The zero-order valence-corrected chi connectivity index (χ0v) is 13.5. The molecule has 2 rings (SSSR count). The summed E-state index contributed by atoms with van der Waals surface area (Å²) in [5, 5.41) is 2.76. The smallest absolute Gasteiger partial charge is 0.269 e. The molecular formula is C16H21N3O2S. The third-order valence-electron chi connectivity index (χ3n) is 3.89. The predicted molar refractivity (Wildman–Crippen MR) is 89.1 cm³/mol. The molecule has 5 nitrogen and oxygen atoms in total. The lowest BCUT2D eigenvalue weighted by atomic mass is 9.89. The maximum absolute atomic E-state index is 12.0. The fourth-order valence-corrected chi connectivity index (χ4v) is 2.77. The number of hydrogen-bond donors (Lipinski definition) is 3. The molecule has 0 atom stereocenters. The number of aryl methyl sites for hydroxylation is 1. The fraction of sp³-hybridized carbons (Fsp3) is 0.438. The highest BCUT2D eigenvalue weighted by Gasteiger charge is 2.21. The van der Waals surface area contributed by atoms with Crippen molar-refractivity contribution in [1.29, 1.82) is 0 Å². The van der Waals surface area contributed by atoms with Gasteiger partial charge in [-0.1, -0.05) is 37.5 Å². The van der Waals surface area contributed by atoms with Gasteiger partial charge in [0.05, 0.1) is 0 Å². The Labute approximate surface area is 135 Å². The molecule has 1 fully saturated rings. The summed E-state index contributed by atoms with van der Waals surface area (Å²) >= 11 is 5.04. The average Bonchev–Trinajstić information content (AvgIpc) is 2.54. The van der Waals surface area contributed by atoms with E-state index in [2.05, 4.69) is 16.2 Å². The molecule has 1 saturated carbocycles. The number of benzene rings is 1. The van der Waals surface area contributed by atoms with Gasteiger partial charge in [0.1, 0.15) is 0 Å². The summed E-state index contributed by atoms with van der Waals surface area (Å²) in [6.45, 7) is 1.86. The van der Waals surface area contributed by atoms with Crippen molar-refractivity contribution in [2.45, 2.75) is 39.0 Å². The van der Waals surface area contributed by atoms with E-state index < -0.39 is 0 Å². The molecule has 0 bridgehead atoms. The SMILES string of the molecule is Cc1ccccc1C(=O)NNC(=S)NC(=O)C1CCCCC1. The van der Waals surface area contributed by atoms with Gasteiger partial charge in [-0.25, -0.2) is 0 Å². The first-order chi connectivity index (χ1) is 10.6. The van der Waals surface area contributed by atoms with E-state index in [-0.39, 0.29) is 22.8 Å². The van der Waals surface area contributed by atoms with E-state index in [9.17, 15) is 9.59 Å². The van der Waals surface area contributed by atoms with Crippen molar-refractivity contribution >= 4 is 29.1 Å². The van der Waals surface area contributed by atoms with Crippen LogP contribution in [0.15, 0.2) is 24.3 Å². The van der Waals surface area contributed by atoms with Crippen LogP contribution >= 0.6 is 12.2 Å². The van der Waals surface area contributed by atoms with Gasteiger partial charge in [-0.3, -0.25) is 20.4 Å². The lowest BCUT2D eigenvalue weighted by molar-refractivity contribution is -0.124. The van der Waals surface area contributed by atoms with Crippen LogP contribution in [0.3, 0.4) is 0 Å². The van der Waals surface area contributed by atoms with E-state index in [1.54, 1.807) is 12.1 Å². The van der Waals surface area contributed by atoms with E-state index in [1.807, 2.05) is 19.1 Å². The lowest BCUT2D eigenvalue weighted by Gasteiger charge is -2.21. The summed E-state index contributed by atoms with van der Waals surface area (Å²) in [5.41, 5.74) is 6.52. The third kappa shape index (κ3) is 4.53. The summed E-state index contributed by atoms with van der Waals surface area (Å²) in [6.07, 6.45) is 5.18. The summed E-state index contributed by atoms with van der Waals surface area (Å²) in [5.74, 6) is -0.324. The molecule has 1 aromatic carbocycles. The van der Waals surface area contributed by atoms with Crippen LogP contribution in [0.4, 0.5) is 0 Å². The number of nitrogens with one attached hydrogen (secondary N) is 3. The first-order valence-electron chi connectivity index (χ1n) is 7.54. The second-order valence-electron chi connectivity index (χ2n) is 5.55. The number of amides is 2. The molecule has 1 aromatic rings. The molecule has 0 aliphatic heterocycles. The van der Waals surface area contributed by atoms with Crippen molar-refractivity contribution in [3.8, 4) is 0 Å². The average molecular weight is 319 g/mol. The maximum atomic E-state index is 12.0. The zero-order valence-electron chi connectivity index (χ0n) is 12.6. The molecule has 3 N–H and O–H groups in total. The number of hydrazine groups is 1. The molecule has 1 aliphatic carbocycles. The number of hydrogen-bond acceptors (Lipinski definition) is 3. The maximum Gasteiger partial charge on any atom is 0.269 e. The highest BCUT2D eigenvalue weighted by atomic mass is 32.1. The van der Waals surface area contributed by atoms with Crippen LogP contribution in [-0.4, -0.2) is 16.9 Å². The van der Waals surface area contributed by atoms with E-state index in [0.29, 0.717) is 5.56 Å². The van der Waals surface area contributed by atoms with Gasteiger partial charge in [-0.15, -0.1) is 0 Å². The first-order valence-corrected chi connectivity index (χ1v) is 7.95. The van der Waals surface area contributed by atoms with Crippen LogP contribution in [0.5, 0.6) is 0 Å². The van der Waals surface area contributed by atoms with Crippen molar-refractivity contribution in [3.05, 3.63) is 35.4 Å². The molecule has 22 heavy (non-hydrogen) atoms. The van der Waals surface area contributed by atoms with Gasteiger partial charge in [-0.2, -0.15) is 0 Å². The van der Waals surface area contributed by atoms with E-state index in [4.69, 9.17) is 12.2 Å². The molecule has 0 heterocycles. The van der Waals surface area contributed by atoms with Crippen LogP contribution in [0.1, 0.15) is 48.0 Å². The summed E-state index contributed by atoms with van der Waals surface area (Å²) < 4.78 is 0. The summed E-state index contributed by atoms with van der Waals surface area (Å²) in [4.78, 5) is 24.0. The highest BCUT2D eigenvalue weighted by Crippen LogP contribution is 2.23. The van der Waals surface area contributed by atoms with Gasteiger partial charge in [0.25, 0.3) is 5.91 Å². The fourth-order valence-electron chi connectivity index (χ4n) is 2.62. The molecule has 0 aromatic heterocycles. The molecule has 1 aliphatic rings. The van der Waals surface area contributed by atoms with E-state index >= 15 is 0 Å². The van der Waals surface area contributed by atoms with Gasteiger partial charge in [0.2, 0.25) is 5.91 Å². The number of thiocarbonyl (C=S) groups is 1. The van der Waals surface area contributed by atoms with Crippen molar-refractivity contribution in [3.63, 3.8) is 0 Å². The highest BCUT2D eigenvalue weighted by molar-refractivity contribution is 7.80. The number of carbonyl (C=O) groups is 2. The lowest BCUT2D eigenvalue weighted by Crippen LogP contribution is -2.50. The molecule has 118 valence electrons. The first kappa shape index (κ1) is 16.4. The topological polar surface area (TPSA) is 70.2 Å². The largest absolute Gasteiger partial charge is 0.302 e. The Bertz CT molecular complexity index is 568. The van der Waals surface area contributed by atoms with Crippen molar-refractivity contribution in [2.75, 3.05) is 0 Å². The van der Waals surface area contributed by atoms with Crippen LogP contribution < -0.4 is 16.2 Å². The number of rotatable bonds is 2. The second kappa shape index (κ2) is 7.89. The standard InChI is InChI=1S/C16H21N3O2S/c1-11-7-5-6-10-13(11)15(21)18-19-16(22)17-14(20)12-8-3-2-4-9-12/h5-7,10,12H,2-4,8-9H2,1H3,(H,18,21)(H2,17,19,20,22). The summed E-state index contributed by atoms with van der Waals surface area (Å²) in [7, 11) is 0. The van der Waals surface area contributed by atoms with Crippen molar-refractivity contribution in [1.82, 2.24) is 16.2 Å². The molecule has 6 heteroatoms. The quantitative estimate of drug-likeness (QED) is 0.577. The van der Waals surface area contributed by atoms with Gasteiger partial charge in [-0.05, 0) is 43.6 Å². The Kier molecular flexibility index (Phi) is 5.89. The molecule has 0 saturated heterocycles. The second-order valence-corrected chi connectivity index (χ2v) is 5.96. The van der Waals surface area contributed by atoms with Crippen LogP contribution in [0.2, 0.25) is 0 Å². The molecule has 0 radical (unpaired) electrons. The predicted octanol–water partition coefficient (Wildman–Crippen LogP) is 2.21. The molecular weight excluding hydrogens is 298 g/mol. The Morgan fingerprint density at radius 1 is 1.09 bits per heavy atom. The zero-order chi connectivity index (χ0) is 15.9. The minimum atomic E-state index is -0.285. The molecule has 0 spiro atoms. The van der Waals surface area contributed by atoms with Gasteiger partial charge < -0.3 is 5.32 Å². The van der Waals surface area contributed by atoms with Crippen molar-refractivity contribution in [2.24, 2.45) is 5.92 Å². The van der Waals surface area contributed by atoms with Gasteiger partial charge in [0, 0.05) is 11.5 Å². The number of carbonyl (C=O) groups excluding carboxylic acids is 2. The Hall–Kier alpha value is -1.95. The Morgan fingerprint density at radius 2 is 1.77 bits per heavy atom. The van der Waals surface area contributed by atoms with Crippen LogP contribution in [-0.2, 0) is 4.79 Å². The Morgan fingerprint density at radius 3 is 2.45 bits per heavy atom. The summed E-state index contributed by atoms with van der Waals surface area (Å²) in [6, 6.07) is 7.26. The third-order valence-corrected chi connectivity index (χ3v) is 4.10.